The minimum atomic E-state index is -0.710. The van der Waals surface area contributed by atoms with Gasteiger partial charge in [-0.2, -0.15) is 5.01 Å². The molecule has 0 radical (unpaired) electrons. The molecule has 1 amide bonds. The lowest BCUT2D eigenvalue weighted by Crippen LogP contribution is -2.24. The van der Waals surface area contributed by atoms with Crippen LogP contribution in [0.3, 0.4) is 0 Å². The fourth-order valence-electron chi connectivity index (χ4n) is 3.51. The Morgan fingerprint density at radius 3 is 2.39 bits per heavy atom. The van der Waals surface area contributed by atoms with E-state index in [9.17, 15) is 4.79 Å². The molecular formula is C24H21N5O3S. The van der Waals surface area contributed by atoms with Gasteiger partial charge in [-0.25, -0.2) is 0 Å². The van der Waals surface area contributed by atoms with E-state index in [1.165, 1.54) is 23.7 Å². The summed E-state index contributed by atoms with van der Waals surface area (Å²) < 4.78 is 13.6. The van der Waals surface area contributed by atoms with Gasteiger partial charge in [-0.3, -0.25) is 9.36 Å². The van der Waals surface area contributed by atoms with Crippen LogP contribution in [0.5, 0.6) is 0 Å². The van der Waals surface area contributed by atoms with Gasteiger partial charge < -0.3 is 9.15 Å². The van der Waals surface area contributed by atoms with Crippen molar-refractivity contribution in [1.29, 1.82) is 0 Å². The lowest BCUT2D eigenvalue weighted by atomic mass is 10.2. The lowest BCUT2D eigenvalue weighted by molar-refractivity contribution is -0.136. The molecule has 9 heteroatoms. The van der Waals surface area contributed by atoms with Gasteiger partial charge in [-0.05, 0) is 31.2 Å². The molecule has 8 nitrogen and oxygen atoms in total. The predicted molar refractivity (Wildman–Crippen MR) is 125 cm³/mol. The van der Waals surface area contributed by atoms with Crippen LogP contribution in [0.2, 0.25) is 0 Å². The summed E-state index contributed by atoms with van der Waals surface area (Å²) in [5.41, 5.74) is 1.92. The van der Waals surface area contributed by atoms with Crippen LogP contribution < -0.4 is 0 Å². The number of ether oxygens (including phenoxy) is 1. The molecule has 1 aliphatic rings. The van der Waals surface area contributed by atoms with Gasteiger partial charge >= 0.3 is 0 Å². The number of para-hydroxylation sites is 1. The van der Waals surface area contributed by atoms with Crippen LogP contribution in [0, 0.1) is 6.92 Å². The summed E-state index contributed by atoms with van der Waals surface area (Å²) in [5, 5.41) is 15.2. The van der Waals surface area contributed by atoms with Crippen molar-refractivity contribution in [3.05, 3.63) is 84.3 Å². The zero-order chi connectivity index (χ0) is 22.8. The highest BCUT2D eigenvalue weighted by Crippen LogP contribution is 2.32. The van der Waals surface area contributed by atoms with Crippen LogP contribution in [-0.2, 0) is 9.53 Å². The molecule has 0 bridgehead atoms. The SMILES string of the molecule is CC(=O)N1N=C(CSc2nnc(-c3ccccc3)n2-c2ccccc2)O[C@@H]1c1ccc(C)o1. The first kappa shape index (κ1) is 21.0. The fourth-order valence-corrected chi connectivity index (χ4v) is 4.31. The van der Waals surface area contributed by atoms with Crippen molar-refractivity contribution in [3.8, 4) is 17.1 Å². The highest BCUT2D eigenvalue weighted by Gasteiger charge is 2.34. The summed E-state index contributed by atoms with van der Waals surface area (Å²) in [4.78, 5) is 12.1. The summed E-state index contributed by atoms with van der Waals surface area (Å²) >= 11 is 1.44. The number of amides is 1. The smallest absolute Gasteiger partial charge is 0.254 e. The maximum atomic E-state index is 12.1. The average molecular weight is 460 g/mol. The second-order valence-electron chi connectivity index (χ2n) is 7.41. The zero-order valence-corrected chi connectivity index (χ0v) is 18.9. The predicted octanol–water partition coefficient (Wildman–Crippen LogP) is 4.82. The minimum absolute atomic E-state index is 0.229. The van der Waals surface area contributed by atoms with E-state index in [1.54, 1.807) is 6.07 Å². The van der Waals surface area contributed by atoms with Crippen molar-refractivity contribution in [3.63, 3.8) is 0 Å². The van der Waals surface area contributed by atoms with Crippen molar-refractivity contribution in [2.24, 2.45) is 5.10 Å². The number of rotatable bonds is 6. The summed E-state index contributed by atoms with van der Waals surface area (Å²) in [6, 6.07) is 23.5. The first-order valence-corrected chi connectivity index (χ1v) is 11.4. The van der Waals surface area contributed by atoms with Crippen molar-refractivity contribution in [1.82, 2.24) is 19.8 Å². The number of aryl methyl sites for hydroxylation is 1. The number of hydrogen-bond donors (Lipinski definition) is 0. The second-order valence-corrected chi connectivity index (χ2v) is 8.35. The van der Waals surface area contributed by atoms with Crippen LogP contribution in [0.15, 0.2) is 87.5 Å². The summed E-state index contributed by atoms with van der Waals surface area (Å²) in [5.74, 6) is 2.58. The Labute approximate surface area is 194 Å². The van der Waals surface area contributed by atoms with Gasteiger partial charge in [-0.15, -0.1) is 15.3 Å². The van der Waals surface area contributed by atoms with Crippen LogP contribution in [0.1, 0.15) is 24.7 Å². The summed E-state index contributed by atoms with van der Waals surface area (Å²) in [6.45, 7) is 3.29. The monoisotopic (exact) mass is 459 g/mol. The number of furan rings is 1. The Hall–Kier alpha value is -3.85. The van der Waals surface area contributed by atoms with Gasteiger partial charge in [0.05, 0.1) is 5.75 Å². The third-order valence-electron chi connectivity index (χ3n) is 5.02. The van der Waals surface area contributed by atoms with Gasteiger partial charge in [-0.1, -0.05) is 60.3 Å². The molecule has 5 rings (SSSR count). The number of thioether (sulfide) groups is 1. The van der Waals surface area contributed by atoms with E-state index in [0.717, 1.165) is 22.8 Å². The summed E-state index contributed by atoms with van der Waals surface area (Å²) in [6.07, 6.45) is -0.710. The van der Waals surface area contributed by atoms with Crippen LogP contribution in [-0.4, -0.2) is 37.3 Å². The quantitative estimate of drug-likeness (QED) is 0.384. The first-order valence-electron chi connectivity index (χ1n) is 10.4. The van der Waals surface area contributed by atoms with Crippen LogP contribution in [0.4, 0.5) is 0 Å². The zero-order valence-electron chi connectivity index (χ0n) is 18.1. The van der Waals surface area contributed by atoms with Crippen molar-refractivity contribution >= 4 is 23.6 Å². The number of carbonyl (C=O) groups is 1. The van der Waals surface area contributed by atoms with E-state index >= 15 is 0 Å². The third-order valence-corrected chi connectivity index (χ3v) is 5.93. The number of benzene rings is 2. The highest BCUT2D eigenvalue weighted by atomic mass is 32.2. The standard InChI is InChI=1S/C24H21N5O3S/c1-16-13-14-20(31-16)23-29(17(2)30)27-21(32-23)15-33-24-26-25-22(18-9-5-3-6-10-18)28(24)19-11-7-4-8-12-19/h3-14,23H,15H2,1-2H3/t23-/m1/s1. The lowest BCUT2D eigenvalue weighted by Gasteiger charge is -2.16. The Kier molecular flexibility index (Phi) is 5.70. The Bertz CT molecular complexity index is 1300. The molecule has 1 aliphatic heterocycles. The Morgan fingerprint density at radius 1 is 1.00 bits per heavy atom. The molecule has 0 unspecified atom stereocenters. The van der Waals surface area contributed by atoms with Gasteiger partial charge in [0.1, 0.15) is 5.76 Å². The molecule has 3 heterocycles. The van der Waals surface area contributed by atoms with E-state index < -0.39 is 6.23 Å². The molecule has 2 aromatic carbocycles. The fraction of sp³-hybridized carbons (Fsp3) is 0.167. The molecule has 0 saturated heterocycles. The summed E-state index contributed by atoms with van der Waals surface area (Å²) in [7, 11) is 0. The molecule has 33 heavy (non-hydrogen) atoms. The molecule has 0 fully saturated rings. The van der Waals surface area contributed by atoms with Gasteiger partial charge in [0.15, 0.2) is 16.7 Å². The number of carbonyl (C=O) groups excluding carboxylic acids is 1. The Morgan fingerprint density at radius 2 is 1.73 bits per heavy atom. The molecule has 2 aromatic heterocycles. The van der Waals surface area contributed by atoms with Crippen molar-refractivity contribution in [2.75, 3.05) is 5.75 Å². The maximum absolute atomic E-state index is 12.1. The van der Waals surface area contributed by atoms with Crippen LogP contribution in [0.25, 0.3) is 17.1 Å². The molecule has 1 atom stereocenters. The number of aromatic nitrogens is 3. The molecule has 166 valence electrons. The molecule has 0 N–H and O–H groups in total. The number of hydrogen-bond acceptors (Lipinski definition) is 7. The molecular weight excluding hydrogens is 438 g/mol. The minimum Gasteiger partial charge on any atom is -0.460 e. The third kappa shape index (κ3) is 4.27. The largest absolute Gasteiger partial charge is 0.460 e. The highest BCUT2D eigenvalue weighted by molar-refractivity contribution is 7.99. The van der Waals surface area contributed by atoms with E-state index in [0.29, 0.717) is 22.6 Å². The molecule has 4 aromatic rings. The van der Waals surface area contributed by atoms with Crippen molar-refractivity contribution < 1.29 is 13.9 Å². The van der Waals surface area contributed by atoms with E-state index in [4.69, 9.17) is 9.15 Å². The van der Waals surface area contributed by atoms with Gasteiger partial charge in [0.2, 0.25) is 11.8 Å². The number of nitrogens with zero attached hydrogens (tertiary/aromatic N) is 5. The van der Waals surface area contributed by atoms with Crippen molar-refractivity contribution in [2.45, 2.75) is 25.2 Å². The van der Waals surface area contributed by atoms with Crippen LogP contribution >= 0.6 is 11.8 Å². The molecule has 0 saturated carbocycles. The molecule has 0 aliphatic carbocycles. The van der Waals surface area contributed by atoms with E-state index in [1.807, 2.05) is 78.2 Å². The van der Waals surface area contributed by atoms with Gasteiger partial charge in [0.25, 0.3) is 6.23 Å². The topological polar surface area (TPSA) is 85.8 Å². The average Bonchev–Trinajstić information content (AvgIpc) is 3.56. The number of hydrazone groups is 1. The normalized spacial score (nSPS) is 15.4. The maximum Gasteiger partial charge on any atom is 0.254 e. The van der Waals surface area contributed by atoms with Gasteiger partial charge in [0, 0.05) is 18.2 Å². The second kappa shape index (κ2) is 8.95. The van der Waals surface area contributed by atoms with E-state index in [-0.39, 0.29) is 5.91 Å². The first-order chi connectivity index (χ1) is 16.1. The Balaban J connectivity index is 1.41. The van der Waals surface area contributed by atoms with E-state index in [2.05, 4.69) is 15.3 Å². The molecule has 0 spiro atoms.